The minimum absolute atomic E-state index is 0.0161. The predicted octanol–water partition coefficient (Wildman–Crippen LogP) is 2.34. The number of rotatable bonds is 6. The van der Waals surface area contributed by atoms with E-state index >= 15 is 0 Å². The van der Waals surface area contributed by atoms with E-state index < -0.39 is 0 Å². The Morgan fingerprint density at radius 3 is 2.47 bits per heavy atom. The minimum atomic E-state index is -0.330. The van der Waals surface area contributed by atoms with Crippen molar-refractivity contribution in [2.75, 3.05) is 21.3 Å². The standard InChI is InChI=1S/C12H17BrFNO2/c1-15-11(12(16-2)17-3)7-8-4-5-10(14)9(13)6-8/h4-6,11-12,15H,7H2,1-3H3. The summed E-state index contributed by atoms with van der Waals surface area (Å²) >= 11 is 3.17. The van der Waals surface area contributed by atoms with Gasteiger partial charge in [0.1, 0.15) is 5.82 Å². The van der Waals surface area contributed by atoms with Crippen LogP contribution in [0.1, 0.15) is 5.56 Å². The van der Waals surface area contributed by atoms with E-state index in [0.717, 1.165) is 5.56 Å². The molecule has 1 N–H and O–H groups in total. The van der Waals surface area contributed by atoms with Crippen molar-refractivity contribution in [2.45, 2.75) is 18.8 Å². The summed E-state index contributed by atoms with van der Waals surface area (Å²) in [6.45, 7) is 0. The summed E-state index contributed by atoms with van der Waals surface area (Å²) in [6.07, 6.45) is 0.366. The molecule has 0 saturated carbocycles. The summed E-state index contributed by atoms with van der Waals surface area (Å²) in [6, 6.07) is 4.98. The largest absolute Gasteiger partial charge is 0.354 e. The maximum absolute atomic E-state index is 13.1. The molecule has 1 atom stereocenters. The molecule has 0 aliphatic rings. The van der Waals surface area contributed by atoms with E-state index in [1.807, 2.05) is 7.05 Å². The van der Waals surface area contributed by atoms with Crippen molar-refractivity contribution in [1.29, 1.82) is 0 Å². The summed E-state index contributed by atoms with van der Waals surface area (Å²) in [7, 11) is 5.03. The SMILES string of the molecule is CNC(Cc1ccc(F)c(Br)c1)C(OC)OC. The van der Waals surface area contributed by atoms with Crippen molar-refractivity contribution >= 4 is 15.9 Å². The molecule has 0 amide bonds. The summed E-state index contributed by atoms with van der Waals surface area (Å²) in [5, 5.41) is 3.13. The van der Waals surface area contributed by atoms with E-state index in [1.54, 1.807) is 26.4 Å². The second-order valence-corrected chi connectivity index (χ2v) is 4.54. The highest BCUT2D eigenvalue weighted by molar-refractivity contribution is 9.10. The minimum Gasteiger partial charge on any atom is -0.354 e. The van der Waals surface area contributed by atoms with Crippen LogP contribution in [0.3, 0.4) is 0 Å². The third kappa shape index (κ3) is 4.03. The van der Waals surface area contributed by atoms with Crippen LogP contribution >= 0.6 is 15.9 Å². The van der Waals surface area contributed by atoms with Gasteiger partial charge in [-0.25, -0.2) is 4.39 Å². The molecular weight excluding hydrogens is 289 g/mol. The molecule has 0 aliphatic carbocycles. The number of methoxy groups -OCH3 is 2. The van der Waals surface area contributed by atoms with E-state index in [0.29, 0.717) is 10.9 Å². The van der Waals surface area contributed by atoms with Crippen molar-refractivity contribution in [3.05, 3.63) is 34.1 Å². The van der Waals surface area contributed by atoms with Gasteiger partial charge in [0, 0.05) is 14.2 Å². The predicted molar refractivity (Wildman–Crippen MR) is 68.5 cm³/mol. The van der Waals surface area contributed by atoms with E-state index in [-0.39, 0.29) is 18.1 Å². The van der Waals surface area contributed by atoms with Gasteiger partial charge in [0.2, 0.25) is 0 Å². The number of nitrogens with one attached hydrogen (secondary N) is 1. The molecule has 5 heteroatoms. The Morgan fingerprint density at radius 1 is 1.35 bits per heavy atom. The van der Waals surface area contributed by atoms with Crippen LogP contribution in [0.2, 0.25) is 0 Å². The van der Waals surface area contributed by atoms with Gasteiger partial charge in [-0.3, -0.25) is 0 Å². The monoisotopic (exact) mass is 305 g/mol. The van der Waals surface area contributed by atoms with E-state index in [2.05, 4.69) is 21.2 Å². The lowest BCUT2D eigenvalue weighted by molar-refractivity contribution is -0.121. The van der Waals surface area contributed by atoms with Gasteiger partial charge in [-0.2, -0.15) is 0 Å². The van der Waals surface area contributed by atoms with Gasteiger partial charge in [0.25, 0.3) is 0 Å². The number of ether oxygens (including phenoxy) is 2. The number of benzene rings is 1. The van der Waals surface area contributed by atoms with Crippen LogP contribution < -0.4 is 5.32 Å². The van der Waals surface area contributed by atoms with Crippen molar-refractivity contribution in [3.63, 3.8) is 0 Å². The Morgan fingerprint density at radius 2 is 2.00 bits per heavy atom. The fourth-order valence-corrected chi connectivity index (χ4v) is 2.11. The van der Waals surface area contributed by atoms with Crippen molar-refractivity contribution in [1.82, 2.24) is 5.32 Å². The zero-order valence-electron chi connectivity index (χ0n) is 10.2. The molecule has 0 heterocycles. The average molecular weight is 306 g/mol. The first-order valence-corrected chi connectivity index (χ1v) is 6.08. The van der Waals surface area contributed by atoms with Crippen LogP contribution in [0.5, 0.6) is 0 Å². The van der Waals surface area contributed by atoms with Gasteiger partial charge >= 0.3 is 0 Å². The van der Waals surface area contributed by atoms with Crippen LogP contribution in [0, 0.1) is 5.82 Å². The average Bonchev–Trinajstić information content (AvgIpc) is 2.33. The van der Waals surface area contributed by atoms with Gasteiger partial charge in [-0.15, -0.1) is 0 Å². The van der Waals surface area contributed by atoms with Gasteiger partial charge < -0.3 is 14.8 Å². The molecule has 3 nitrogen and oxygen atoms in total. The zero-order chi connectivity index (χ0) is 12.8. The highest BCUT2D eigenvalue weighted by Gasteiger charge is 2.19. The van der Waals surface area contributed by atoms with E-state index in [9.17, 15) is 4.39 Å². The summed E-state index contributed by atoms with van der Waals surface area (Å²) < 4.78 is 24.0. The lowest BCUT2D eigenvalue weighted by atomic mass is 10.1. The molecule has 1 rings (SSSR count). The zero-order valence-corrected chi connectivity index (χ0v) is 11.8. The Balaban J connectivity index is 2.76. The van der Waals surface area contributed by atoms with Gasteiger partial charge in [0.05, 0.1) is 10.5 Å². The van der Waals surface area contributed by atoms with Crippen molar-refractivity contribution in [2.24, 2.45) is 0 Å². The maximum Gasteiger partial charge on any atom is 0.172 e. The Hall–Kier alpha value is -0.490. The molecule has 0 saturated heterocycles. The van der Waals surface area contributed by atoms with Gasteiger partial charge in [0.15, 0.2) is 6.29 Å². The third-order valence-corrected chi connectivity index (χ3v) is 3.21. The first kappa shape index (κ1) is 14.6. The molecule has 1 aromatic carbocycles. The second kappa shape index (κ2) is 7.06. The summed E-state index contributed by atoms with van der Waals surface area (Å²) in [4.78, 5) is 0. The van der Waals surface area contributed by atoms with Crippen LogP contribution in [0.25, 0.3) is 0 Å². The molecule has 1 aromatic rings. The Kier molecular flexibility index (Phi) is 6.05. The molecule has 0 spiro atoms. The van der Waals surface area contributed by atoms with E-state index in [1.165, 1.54) is 6.07 Å². The molecule has 0 bridgehead atoms. The Bertz CT molecular complexity index is 358. The molecular formula is C12H17BrFNO2. The third-order valence-electron chi connectivity index (χ3n) is 2.60. The number of hydrogen-bond acceptors (Lipinski definition) is 3. The lowest BCUT2D eigenvalue weighted by Gasteiger charge is -2.24. The second-order valence-electron chi connectivity index (χ2n) is 3.69. The molecule has 0 aliphatic heterocycles. The number of hydrogen-bond donors (Lipinski definition) is 1. The highest BCUT2D eigenvalue weighted by atomic mass is 79.9. The smallest absolute Gasteiger partial charge is 0.172 e. The number of likely N-dealkylation sites (N-methyl/N-ethyl adjacent to an activating group) is 1. The molecule has 0 fully saturated rings. The van der Waals surface area contributed by atoms with Gasteiger partial charge in [-0.1, -0.05) is 6.07 Å². The van der Waals surface area contributed by atoms with Crippen molar-refractivity contribution < 1.29 is 13.9 Å². The first-order valence-electron chi connectivity index (χ1n) is 5.29. The topological polar surface area (TPSA) is 30.5 Å². The highest BCUT2D eigenvalue weighted by Crippen LogP contribution is 2.18. The quantitative estimate of drug-likeness (QED) is 0.818. The lowest BCUT2D eigenvalue weighted by Crippen LogP contribution is -2.41. The fraction of sp³-hybridized carbons (Fsp3) is 0.500. The summed E-state index contributed by atoms with van der Waals surface area (Å²) in [5.41, 5.74) is 1.01. The van der Waals surface area contributed by atoms with Crippen LogP contribution in [0.4, 0.5) is 4.39 Å². The normalized spacial score (nSPS) is 13.1. The molecule has 17 heavy (non-hydrogen) atoms. The van der Waals surface area contributed by atoms with Crippen LogP contribution in [-0.2, 0) is 15.9 Å². The first-order chi connectivity index (χ1) is 8.12. The molecule has 0 radical (unpaired) electrons. The van der Waals surface area contributed by atoms with Crippen LogP contribution in [0.15, 0.2) is 22.7 Å². The number of halogens is 2. The molecule has 1 unspecified atom stereocenters. The van der Waals surface area contributed by atoms with E-state index in [4.69, 9.17) is 9.47 Å². The maximum atomic E-state index is 13.1. The fourth-order valence-electron chi connectivity index (χ4n) is 1.68. The Labute approximate surface area is 109 Å². The molecule has 0 aromatic heterocycles. The van der Waals surface area contributed by atoms with Crippen LogP contribution in [-0.4, -0.2) is 33.6 Å². The van der Waals surface area contributed by atoms with Gasteiger partial charge in [-0.05, 0) is 47.1 Å². The van der Waals surface area contributed by atoms with Crippen molar-refractivity contribution in [3.8, 4) is 0 Å². The summed E-state index contributed by atoms with van der Waals surface area (Å²) in [5.74, 6) is -0.259. The molecule has 96 valence electrons.